The number of alkyl halides is 1. The molecule has 0 radical (unpaired) electrons. The average Bonchev–Trinajstić information content (AvgIpc) is 1.87. The van der Waals surface area contributed by atoms with Crippen molar-refractivity contribution in [1.29, 1.82) is 0 Å². The number of carboxylic acids is 1. The van der Waals surface area contributed by atoms with Crippen LogP contribution in [0.15, 0.2) is 0 Å². The molecule has 3 N–H and O–H groups in total. The number of hydrogen-bond acceptors (Lipinski definition) is 2. The predicted octanol–water partition coefficient (Wildman–Crippen LogP) is 0.394. The van der Waals surface area contributed by atoms with E-state index in [2.05, 4.69) is 0 Å². The fraction of sp³-hybridized carbons (Fsp3) is 0.833. The zero-order chi connectivity index (χ0) is 8.15. The summed E-state index contributed by atoms with van der Waals surface area (Å²) in [7, 11) is 0. The van der Waals surface area contributed by atoms with Gasteiger partial charge in [-0.2, -0.15) is 0 Å². The second-order valence-electron chi connectivity index (χ2n) is 2.32. The highest BCUT2D eigenvalue weighted by Crippen LogP contribution is 2.05. The lowest BCUT2D eigenvalue weighted by molar-refractivity contribution is -0.139. The van der Waals surface area contributed by atoms with Crippen molar-refractivity contribution in [2.45, 2.75) is 19.4 Å². The topological polar surface area (TPSA) is 63.3 Å². The van der Waals surface area contributed by atoms with Gasteiger partial charge in [0.05, 0.1) is 6.67 Å². The first-order chi connectivity index (χ1) is 4.59. The number of halogens is 1. The minimum atomic E-state index is -1.07. The Bertz CT molecular complexity index is 118. The maximum Gasteiger partial charge on any atom is 0.320 e. The van der Waals surface area contributed by atoms with Gasteiger partial charge >= 0.3 is 5.97 Å². The summed E-state index contributed by atoms with van der Waals surface area (Å²) in [5, 5.41) is 8.33. The lowest BCUT2D eigenvalue weighted by Crippen LogP contribution is -2.36. The molecule has 0 amide bonds. The third-order valence-corrected chi connectivity index (χ3v) is 1.46. The largest absolute Gasteiger partial charge is 0.480 e. The van der Waals surface area contributed by atoms with Crippen molar-refractivity contribution in [2.75, 3.05) is 6.67 Å². The Morgan fingerprint density at radius 1 is 1.80 bits per heavy atom. The Balaban J connectivity index is 3.69. The molecule has 60 valence electrons. The fourth-order valence-corrected chi connectivity index (χ4v) is 0.595. The van der Waals surface area contributed by atoms with Crippen LogP contribution in [-0.2, 0) is 4.79 Å². The second-order valence-corrected chi connectivity index (χ2v) is 2.32. The molecule has 0 unspecified atom stereocenters. The van der Waals surface area contributed by atoms with E-state index in [-0.39, 0.29) is 12.3 Å². The van der Waals surface area contributed by atoms with Crippen molar-refractivity contribution >= 4 is 5.97 Å². The van der Waals surface area contributed by atoms with Gasteiger partial charge in [0.15, 0.2) is 0 Å². The van der Waals surface area contributed by atoms with Crippen LogP contribution in [0.4, 0.5) is 4.39 Å². The number of rotatable bonds is 4. The van der Waals surface area contributed by atoms with E-state index < -0.39 is 18.7 Å². The van der Waals surface area contributed by atoms with Gasteiger partial charge in [-0.15, -0.1) is 0 Å². The van der Waals surface area contributed by atoms with Crippen LogP contribution in [0.25, 0.3) is 0 Å². The molecule has 0 saturated heterocycles. The summed E-state index contributed by atoms with van der Waals surface area (Å²) in [6.45, 7) is 1.11. The van der Waals surface area contributed by atoms with Gasteiger partial charge in [-0.3, -0.25) is 9.18 Å². The Morgan fingerprint density at radius 2 is 2.30 bits per heavy atom. The van der Waals surface area contributed by atoms with E-state index in [0.29, 0.717) is 0 Å². The SMILES string of the molecule is C[C@H](CCF)[C@@H](N)C(=O)O. The molecular weight excluding hydrogens is 137 g/mol. The Morgan fingerprint density at radius 3 is 2.60 bits per heavy atom. The van der Waals surface area contributed by atoms with E-state index in [1.807, 2.05) is 0 Å². The Kier molecular flexibility index (Phi) is 3.95. The molecule has 0 aliphatic heterocycles. The van der Waals surface area contributed by atoms with Gasteiger partial charge in [0.1, 0.15) is 6.04 Å². The van der Waals surface area contributed by atoms with Crippen LogP contribution in [0.2, 0.25) is 0 Å². The number of carbonyl (C=O) groups is 1. The van der Waals surface area contributed by atoms with Gasteiger partial charge in [0.25, 0.3) is 0 Å². The molecule has 0 saturated carbocycles. The lowest BCUT2D eigenvalue weighted by atomic mass is 10.0. The van der Waals surface area contributed by atoms with Gasteiger partial charge in [-0.05, 0) is 12.3 Å². The predicted molar refractivity (Wildman–Crippen MR) is 35.4 cm³/mol. The molecule has 0 heterocycles. The van der Waals surface area contributed by atoms with Crippen molar-refractivity contribution in [3.8, 4) is 0 Å². The molecular formula is C6H12FNO2. The van der Waals surface area contributed by atoms with Crippen molar-refractivity contribution in [3.05, 3.63) is 0 Å². The molecule has 0 aliphatic rings. The molecule has 0 aromatic rings. The van der Waals surface area contributed by atoms with E-state index in [0.717, 1.165) is 0 Å². The Labute approximate surface area is 59.0 Å². The zero-order valence-corrected chi connectivity index (χ0v) is 5.88. The van der Waals surface area contributed by atoms with Gasteiger partial charge in [-0.25, -0.2) is 0 Å². The van der Waals surface area contributed by atoms with Crippen molar-refractivity contribution in [2.24, 2.45) is 11.7 Å². The maximum atomic E-state index is 11.6. The van der Waals surface area contributed by atoms with Gasteiger partial charge in [0, 0.05) is 0 Å². The van der Waals surface area contributed by atoms with E-state index in [1.165, 1.54) is 0 Å². The van der Waals surface area contributed by atoms with Crippen LogP contribution in [0.5, 0.6) is 0 Å². The monoisotopic (exact) mass is 149 g/mol. The number of aliphatic carboxylic acids is 1. The summed E-state index contributed by atoms with van der Waals surface area (Å²) in [5.74, 6) is -1.36. The molecule has 3 nitrogen and oxygen atoms in total. The molecule has 0 aliphatic carbocycles. The zero-order valence-electron chi connectivity index (χ0n) is 5.88. The number of hydrogen-bond donors (Lipinski definition) is 2. The molecule has 4 heteroatoms. The first-order valence-corrected chi connectivity index (χ1v) is 3.14. The van der Waals surface area contributed by atoms with E-state index >= 15 is 0 Å². The standard InChI is InChI=1S/C6H12FNO2/c1-4(2-3-7)5(8)6(9)10/h4-5H,2-3,8H2,1H3,(H,9,10)/t4-,5-/m1/s1. The number of nitrogens with two attached hydrogens (primary N) is 1. The molecule has 0 spiro atoms. The first-order valence-electron chi connectivity index (χ1n) is 3.14. The molecule has 0 rings (SSSR count). The smallest absolute Gasteiger partial charge is 0.320 e. The minimum absolute atomic E-state index is 0.216. The molecule has 0 aromatic carbocycles. The molecule has 0 fully saturated rings. The molecule has 0 bridgehead atoms. The molecule has 10 heavy (non-hydrogen) atoms. The molecule has 2 atom stereocenters. The third kappa shape index (κ3) is 2.77. The highest BCUT2D eigenvalue weighted by Gasteiger charge is 2.18. The summed E-state index contributed by atoms with van der Waals surface area (Å²) >= 11 is 0. The first kappa shape index (κ1) is 9.36. The van der Waals surface area contributed by atoms with Crippen LogP contribution in [0, 0.1) is 5.92 Å². The normalized spacial score (nSPS) is 16.3. The Hall–Kier alpha value is -0.640. The number of carboxylic acid groups (broad SMARTS) is 1. The van der Waals surface area contributed by atoms with Gasteiger partial charge in [-0.1, -0.05) is 6.92 Å². The minimum Gasteiger partial charge on any atom is -0.480 e. The van der Waals surface area contributed by atoms with Gasteiger partial charge in [0.2, 0.25) is 0 Å². The van der Waals surface area contributed by atoms with Crippen LogP contribution < -0.4 is 5.73 Å². The summed E-state index contributed by atoms with van der Waals surface area (Å²) in [4.78, 5) is 10.2. The summed E-state index contributed by atoms with van der Waals surface area (Å²) in [6.07, 6.45) is 0.216. The van der Waals surface area contributed by atoms with Crippen molar-refractivity contribution < 1.29 is 14.3 Å². The van der Waals surface area contributed by atoms with Crippen LogP contribution in [0.1, 0.15) is 13.3 Å². The average molecular weight is 149 g/mol. The van der Waals surface area contributed by atoms with E-state index in [1.54, 1.807) is 6.92 Å². The summed E-state index contributed by atoms with van der Waals surface area (Å²) in [5.41, 5.74) is 5.18. The highest BCUT2D eigenvalue weighted by molar-refractivity contribution is 5.73. The van der Waals surface area contributed by atoms with E-state index in [4.69, 9.17) is 10.8 Å². The summed E-state index contributed by atoms with van der Waals surface area (Å²) < 4.78 is 11.6. The summed E-state index contributed by atoms with van der Waals surface area (Å²) in [6, 6.07) is -0.934. The lowest BCUT2D eigenvalue weighted by Gasteiger charge is -2.12. The third-order valence-electron chi connectivity index (χ3n) is 1.46. The van der Waals surface area contributed by atoms with Gasteiger partial charge < -0.3 is 10.8 Å². The van der Waals surface area contributed by atoms with E-state index in [9.17, 15) is 9.18 Å². The van der Waals surface area contributed by atoms with Crippen molar-refractivity contribution in [3.63, 3.8) is 0 Å². The van der Waals surface area contributed by atoms with Crippen LogP contribution in [-0.4, -0.2) is 23.8 Å². The van der Waals surface area contributed by atoms with Crippen LogP contribution in [0.3, 0.4) is 0 Å². The quantitative estimate of drug-likeness (QED) is 0.608. The molecule has 0 aromatic heterocycles. The highest BCUT2D eigenvalue weighted by atomic mass is 19.1. The maximum absolute atomic E-state index is 11.6. The fourth-order valence-electron chi connectivity index (χ4n) is 0.595. The van der Waals surface area contributed by atoms with Crippen LogP contribution >= 0.6 is 0 Å². The van der Waals surface area contributed by atoms with Crippen molar-refractivity contribution in [1.82, 2.24) is 0 Å². The second kappa shape index (κ2) is 4.22.